The molecule has 0 unspecified atom stereocenters. The van der Waals surface area contributed by atoms with Crippen molar-refractivity contribution < 1.29 is 14.3 Å². The van der Waals surface area contributed by atoms with E-state index in [1.54, 1.807) is 29.0 Å². The molecule has 20 heavy (non-hydrogen) atoms. The molecule has 1 aromatic carbocycles. The van der Waals surface area contributed by atoms with Gasteiger partial charge in [-0.15, -0.1) is 0 Å². The predicted octanol–water partition coefficient (Wildman–Crippen LogP) is 2.34. The van der Waals surface area contributed by atoms with Gasteiger partial charge in [0.15, 0.2) is 0 Å². The smallest absolute Gasteiger partial charge is 0.324 e. The first-order valence-electron chi connectivity index (χ1n) is 6.48. The molecule has 2 amide bonds. The van der Waals surface area contributed by atoms with Crippen LogP contribution < -0.4 is 4.90 Å². The maximum atomic E-state index is 12.3. The third-order valence-corrected chi connectivity index (χ3v) is 3.43. The van der Waals surface area contributed by atoms with Crippen molar-refractivity contribution in [2.24, 2.45) is 0 Å². The van der Waals surface area contributed by atoms with Crippen LogP contribution in [0.3, 0.4) is 0 Å². The number of carbonyl (C=O) groups is 1. The molecule has 1 aliphatic heterocycles. The monoisotopic (exact) mass is 272 g/mol. The van der Waals surface area contributed by atoms with E-state index in [1.165, 1.54) is 0 Å². The molecule has 2 aromatic rings. The van der Waals surface area contributed by atoms with Crippen molar-refractivity contribution in [3.63, 3.8) is 0 Å². The molecular weight excluding hydrogens is 256 g/mol. The summed E-state index contributed by atoms with van der Waals surface area (Å²) in [6.07, 6.45) is 0. The summed E-state index contributed by atoms with van der Waals surface area (Å²) >= 11 is 0. The molecule has 0 radical (unpaired) electrons. The number of amides is 2. The number of rotatable bonds is 3. The van der Waals surface area contributed by atoms with Crippen LogP contribution in [0.15, 0.2) is 40.8 Å². The summed E-state index contributed by atoms with van der Waals surface area (Å²) in [7, 11) is 1.78. The fourth-order valence-corrected chi connectivity index (χ4v) is 2.44. The van der Waals surface area contributed by atoms with Gasteiger partial charge in [0, 0.05) is 13.6 Å². The largest absolute Gasteiger partial charge is 0.462 e. The van der Waals surface area contributed by atoms with Gasteiger partial charge < -0.3 is 14.4 Å². The quantitative estimate of drug-likeness (QED) is 0.933. The van der Waals surface area contributed by atoms with Crippen molar-refractivity contribution in [2.45, 2.75) is 19.7 Å². The molecule has 5 nitrogen and oxygen atoms in total. The highest BCUT2D eigenvalue weighted by Gasteiger charge is 2.28. The van der Waals surface area contributed by atoms with E-state index in [1.807, 2.05) is 24.3 Å². The molecule has 0 saturated heterocycles. The molecule has 0 spiro atoms. The lowest BCUT2D eigenvalue weighted by Crippen LogP contribution is -2.44. The summed E-state index contributed by atoms with van der Waals surface area (Å²) in [5.41, 5.74) is 2.03. The second kappa shape index (κ2) is 5.02. The van der Waals surface area contributed by atoms with Gasteiger partial charge in [0.25, 0.3) is 0 Å². The van der Waals surface area contributed by atoms with Crippen LogP contribution in [-0.2, 0) is 19.7 Å². The minimum absolute atomic E-state index is 0.0503. The van der Waals surface area contributed by atoms with Crippen LogP contribution in [0.5, 0.6) is 0 Å². The molecule has 3 rings (SSSR count). The number of fused-ring (bicyclic) bond motifs is 1. The number of carbonyl (C=O) groups excluding carboxylic acids is 1. The van der Waals surface area contributed by atoms with E-state index < -0.39 is 0 Å². The number of hydrogen-bond donors (Lipinski definition) is 1. The van der Waals surface area contributed by atoms with Gasteiger partial charge in [-0.25, -0.2) is 4.79 Å². The molecular formula is C15H16N2O3. The Morgan fingerprint density at radius 2 is 1.95 bits per heavy atom. The molecule has 104 valence electrons. The summed E-state index contributed by atoms with van der Waals surface area (Å²) in [6.45, 7) is 0.843. The number of urea groups is 1. The van der Waals surface area contributed by atoms with Crippen LogP contribution in [-0.4, -0.2) is 23.1 Å². The van der Waals surface area contributed by atoms with Crippen molar-refractivity contribution >= 4 is 11.7 Å². The van der Waals surface area contributed by atoms with E-state index in [2.05, 4.69) is 0 Å². The van der Waals surface area contributed by atoms with Gasteiger partial charge in [0.1, 0.15) is 18.1 Å². The van der Waals surface area contributed by atoms with Gasteiger partial charge in [0.05, 0.1) is 12.2 Å². The maximum absolute atomic E-state index is 12.3. The lowest BCUT2D eigenvalue weighted by Gasteiger charge is -2.34. The Bertz CT molecular complexity index is 636. The minimum atomic E-state index is -0.134. The number of anilines is 1. The number of nitrogens with zero attached hydrogens (tertiary/aromatic N) is 2. The lowest BCUT2D eigenvalue weighted by molar-refractivity contribution is 0.208. The van der Waals surface area contributed by atoms with E-state index in [4.69, 9.17) is 9.52 Å². The molecule has 2 heterocycles. The Balaban J connectivity index is 1.92. The molecule has 1 aliphatic rings. The molecule has 0 bridgehead atoms. The highest BCUT2D eigenvalue weighted by Crippen LogP contribution is 2.29. The fourth-order valence-electron chi connectivity index (χ4n) is 2.44. The average Bonchev–Trinajstić information content (AvgIpc) is 2.91. The molecule has 1 N–H and O–H groups in total. The first kappa shape index (κ1) is 12.7. The van der Waals surface area contributed by atoms with E-state index in [9.17, 15) is 4.79 Å². The van der Waals surface area contributed by atoms with Gasteiger partial charge in [-0.3, -0.25) is 4.90 Å². The number of benzene rings is 1. The van der Waals surface area contributed by atoms with Gasteiger partial charge in [-0.05, 0) is 23.8 Å². The van der Waals surface area contributed by atoms with E-state index in [-0.39, 0.29) is 12.6 Å². The average molecular weight is 272 g/mol. The fraction of sp³-hybridized carbons (Fsp3) is 0.267. The van der Waals surface area contributed by atoms with Crippen LogP contribution in [0, 0.1) is 0 Å². The van der Waals surface area contributed by atoms with Gasteiger partial charge in [-0.2, -0.15) is 0 Å². The number of aliphatic hydroxyl groups is 1. The van der Waals surface area contributed by atoms with Crippen LogP contribution in [0.2, 0.25) is 0 Å². The Labute approximate surface area is 117 Å². The zero-order valence-corrected chi connectivity index (χ0v) is 11.2. The highest BCUT2D eigenvalue weighted by molar-refractivity contribution is 5.94. The second-order valence-electron chi connectivity index (χ2n) is 4.88. The van der Waals surface area contributed by atoms with Gasteiger partial charge >= 0.3 is 6.03 Å². The van der Waals surface area contributed by atoms with Gasteiger partial charge in [0.2, 0.25) is 0 Å². The zero-order valence-electron chi connectivity index (χ0n) is 11.2. The third-order valence-electron chi connectivity index (χ3n) is 3.43. The summed E-state index contributed by atoms with van der Waals surface area (Å²) in [5.74, 6) is 1.17. The lowest BCUT2D eigenvalue weighted by atomic mass is 10.1. The van der Waals surface area contributed by atoms with Crippen molar-refractivity contribution in [1.29, 1.82) is 0 Å². The van der Waals surface area contributed by atoms with E-state index in [0.29, 0.717) is 24.6 Å². The molecule has 0 fully saturated rings. The molecule has 0 atom stereocenters. The standard InChI is InChI=1S/C15H16N2O3/c1-16-8-11-4-2-3-5-14(11)17(15(16)19)9-12-6-7-13(10-18)20-12/h2-7,18H,8-10H2,1H3. The second-order valence-corrected chi connectivity index (χ2v) is 4.88. The summed E-state index contributed by atoms with van der Waals surface area (Å²) < 4.78 is 5.47. The Morgan fingerprint density at radius 3 is 2.70 bits per heavy atom. The molecule has 1 aromatic heterocycles. The number of aliphatic hydroxyl groups excluding tert-OH is 1. The van der Waals surface area contributed by atoms with Gasteiger partial charge in [-0.1, -0.05) is 18.2 Å². The zero-order chi connectivity index (χ0) is 14.1. The highest BCUT2D eigenvalue weighted by atomic mass is 16.4. The molecule has 5 heteroatoms. The Morgan fingerprint density at radius 1 is 1.20 bits per heavy atom. The van der Waals surface area contributed by atoms with Crippen molar-refractivity contribution in [2.75, 3.05) is 11.9 Å². The first-order valence-corrected chi connectivity index (χ1v) is 6.48. The molecule has 0 saturated carbocycles. The SMILES string of the molecule is CN1Cc2ccccc2N(Cc2ccc(CO)o2)C1=O. The van der Waals surface area contributed by atoms with Crippen molar-refractivity contribution in [1.82, 2.24) is 4.90 Å². The normalized spacial score (nSPS) is 14.6. The number of hydrogen-bond acceptors (Lipinski definition) is 3. The summed E-state index contributed by atoms with van der Waals surface area (Å²) in [4.78, 5) is 15.7. The van der Waals surface area contributed by atoms with Crippen LogP contribution in [0.1, 0.15) is 17.1 Å². The van der Waals surface area contributed by atoms with E-state index in [0.717, 1.165) is 11.3 Å². The Hall–Kier alpha value is -2.27. The summed E-state index contributed by atoms with van der Waals surface area (Å²) in [5, 5.41) is 9.03. The number of furan rings is 1. The minimum Gasteiger partial charge on any atom is -0.462 e. The maximum Gasteiger partial charge on any atom is 0.324 e. The summed E-state index contributed by atoms with van der Waals surface area (Å²) in [6, 6.07) is 11.3. The predicted molar refractivity (Wildman–Crippen MR) is 74.1 cm³/mol. The molecule has 0 aliphatic carbocycles. The first-order chi connectivity index (χ1) is 9.69. The topological polar surface area (TPSA) is 56.9 Å². The van der Waals surface area contributed by atoms with Crippen molar-refractivity contribution in [3.8, 4) is 0 Å². The van der Waals surface area contributed by atoms with Crippen LogP contribution >= 0.6 is 0 Å². The van der Waals surface area contributed by atoms with Crippen LogP contribution in [0.4, 0.5) is 10.5 Å². The van der Waals surface area contributed by atoms with E-state index >= 15 is 0 Å². The third kappa shape index (κ3) is 2.16. The van der Waals surface area contributed by atoms with Crippen molar-refractivity contribution in [3.05, 3.63) is 53.5 Å². The van der Waals surface area contributed by atoms with Crippen LogP contribution in [0.25, 0.3) is 0 Å². The number of para-hydroxylation sites is 1. The Kier molecular flexibility index (Phi) is 3.20.